The van der Waals surface area contributed by atoms with Crippen molar-refractivity contribution in [2.24, 2.45) is 11.8 Å². The molecule has 3 rings (SSSR count). The molecule has 0 radical (unpaired) electrons. The van der Waals surface area contributed by atoms with Crippen LogP contribution in [0.1, 0.15) is 51.0 Å². The average Bonchev–Trinajstić information content (AvgIpc) is 2.78. The molecule has 1 amide bonds. The van der Waals surface area contributed by atoms with Gasteiger partial charge in [0.15, 0.2) is 0 Å². The predicted molar refractivity (Wildman–Crippen MR) is 120 cm³/mol. The molecule has 1 unspecified atom stereocenters. The number of benzene rings is 1. The number of nitrogens with one attached hydrogen (secondary N) is 1. The minimum Gasteiger partial charge on any atom is -0.356 e. The lowest BCUT2D eigenvalue weighted by Gasteiger charge is -2.31. The number of nitrogens with zero attached hydrogens (tertiary/aromatic N) is 2. The molecule has 0 bridgehead atoms. The van der Waals surface area contributed by atoms with Crippen LogP contribution in [0.4, 0.5) is 13.2 Å². The van der Waals surface area contributed by atoms with E-state index in [1.54, 1.807) is 0 Å². The van der Waals surface area contributed by atoms with Gasteiger partial charge < -0.3 is 10.2 Å². The molecular formula is C23H34F3N3O3S. The highest BCUT2D eigenvalue weighted by Crippen LogP contribution is 2.32. The second kappa shape index (κ2) is 11.2. The van der Waals surface area contributed by atoms with E-state index in [9.17, 15) is 26.4 Å². The number of carbonyl (C=O) groups is 1. The van der Waals surface area contributed by atoms with Crippen LogP contribution in [-0.2, 0) is 21.0 Å². The number of halogens is 3. The third-order valence-corrected chi connectivity index (χ3v) is 8.46. The van der Waals surface area contributed by atoms with Gasteiger partial charge in [-0.25, -0.2) is 8.42 Å². The maximum Gasteiger partial charge on any atom is 0.416 e. The topological polar surface area (TPSA) is 69.7 Å². The normalized spacial score (nSPS) is 21.8. The first-order valence-corrected chi connectivity index (χ1v) is 13.2. The molecule has 1 aromatic carbocycles. The van der Waals surface area contributed by atoms with Crippen LogP contribution in [0, 0.1) is 11.8 Å². The van der Waals surface area contributed by atoms with E-state index >= 15 is 0 Å². The molecule has 10 heteroatoms. The Hall–Kier alpha value is -1.65. The van der Waals surface area contributed by atoms with E-state index in [0.29, 0.717) is 25.5 Å². The molecule has 2 heterocycles. The van der Waals surface area contributed by atoms with E-state index in [1.807, 2.05) is 0 Å². The summed E-state index contributed by atoms with van der Waals surface area (Å²) in [5.74, 6) is 0.403. The van der Waals surface area contributed by atoms with Crippen LogP contribution in [-0.4, -0.2) is 62.8 Å². The van der Waals surface area contributed by atoms with Crippen molar-refractivity contribution in [1.82, 2.24) is 14.5 Å². The van der Waals surface area contributed by atoms with Gasteiger partial charge in [0.2, 0.25) is 15.9 Å². The second-order valence-electron chi connectivity index (χ2n) is 9.25. The van der Waals surface area contributed by atoms with Crippen molar-refractivity contribution in [3.8, 4) is 0 Å². The standard InChI is InChI=1S/C23H34F3N3O3S/c1-18-6-5-13-28(17-18)12-3-2-11-27-22(30)19-9-14-29(15-10-19)33(31,32)21-8-4-7-20(16-21)23(24,25)26/h4,7-8,16,18-19H,2-3,5-6,9-15,17H2,1H3,(H,27,30). The average molecular weight is 490 g/mol. The smallest absolute Gasteiger partial charge is 0.356 e. The lowest BCUT2D eigenvalue weighted by molar-refractivity contribution is -0.137. The van der Waals surface area contributed by atoms with Gasteiger partial charge in [0, 0.05) is 32.1 Å². The zero-order valence-electron chi connectivity index (χ0n) is 19.1. The number of sulfonamides is 1. The van der Waals surface area contributed by atoms with Crippen molar-refractivity contribution in [1.29, 1.82) is 0 Å². The maximum atomic E-state index is 12.9. The Morgan fingerprint density at radius 2 is 1.85 bits per heavy atom. The molecule has 2 aliphatic heterocycles. The van der Waals surface area contributed by atoms with Crippen LogP contribution in [0.25, 0.3) is 0 Å². The summed E-state index contributed by atoms with van der Waals surface area (Å²) in [5, 5.41) is 2.96. The Bertz CT molecular complexity index is 900. The molecule has 2 aliphatic rings. The summed E-state index contributed by atoms with van der Waals surface area (Å²) in [6, 6.07) is 3.79. The summed E-state index contributed by atoms with van der Waals surface area (Å²) < 4.78 is 65.6. The van der Waals surface area contributed by atoms with E-state index in [0.717, 1.165) is 50.5 Å². The summed E-state index contributed by atoms with van der Waals surface area (Å²) in [5.41, 5.74) is -0.993. The van der Waals surface area contributed by atoms with Crippen molar-refractivity contribution < 1.29 is 26.4 Å². The summed E-state index contributed by atoms with van der Waals surface area (Å²) >= 11 is 0. The molecule has 0 saturated carbocycles. The summed E-state index contributed by atoms with van der Waals surface area (Å²) in [7, 11) is -4.04. The van der Waals surface area contributed by atoms with Gasteiger partial charge in [-0.3, -0.25) is 4.79 Å². The van der Waals surface area contributed by atoms with Gasteiger partial charge in [0.25, 0.3) is 0 Å². The number of amides is 1. The number of piperidine rings is 2. The van der Waals surface area contributed by atoms with E-state index in [2.05, 4.69) is 17.1 Å². The van der Waals surface area contributed by atoms with E-state index in [-0.39, 0.29) is 29.8 Å². The molecule has 186 valence electrons. The van der Waals surface area contributed by atoms with Crippen LogP contribution < -0.4 is 5.32 Å². The van der Waals surface area contributed by atoms with Crippen LogP contribution in [0.2, 0.25) is 0 Å². The minimum absolute atomic E-state index is 0.0716. The van der Waals surface area contributed by atoms with Crippen LogP contribution in [0.5, 0.6) is 0 Å². The van der Waals surface area contributed by atoms with E-state index < -0.39 is 21.8 Å². The summed E-state index contributed by atoms with van der Waals surface area (Å²) in [4.78, 5) is 14.6. The maximum absolute atomic E-state index is 12.9. The van der Waals surface area contributed by atoms with Crippen molar-refractivity contribution in [2.45, 2.75) is 56.5 Å². The molecule has 2 saturated heterocycles. The van der Waals surface area contributed by atoms with Crippen LogP contribution in [0.15, 0.2) is 29.2 Å². The molecular weight excluding hydrogens is 455 g/mol. The zero-order chi connectivity index (χ0) is 24.1. The molecule has 1 atom stereocenters. The second-order valence-corrected chi connectivity index (χ2v) is 11.2. The van der Waals surface area contributed by atoms with E-state index in [1.165, 1.54) is 23.2 Å². The highest BCUT2D eigenvalue weighted by Gasteiger charge is 2.35. The Morgan fingerprint density at radius 1 is 1.12 bits per heavy atom. The number of hydrogen-bond donors (Lipinski definition) is 1. The van der Waals surface area contributed by atoms with Gasteiger partial charge in [0.1, 0.15) is 0 Å². The molecule has 0 aromatic heterocycles. The number of alkyl halides is 3. The van der Waals surface area contributed by atoms with Crippen molar-refractivity contribution >= 4 is 15.9 Å². The molecule has 0 aliphatic carbocycles. The first kappa shape index (κ1) is 26.0. The highest BCUT2D eigenvalue weighted by atomic mass is 32.2. The van der Waals surface area contributed by atoms with Crippen molar-refractivity contribution in [3.63, 3.8) is 0 Å². The van der Waals surface area contributed by atoms with Crippen LogP contribution >= 0.6 is 0 Å². The van der Waals surface area contributed by atoms with Crippen molar-refractivity contribution in [2.75, 3.05) is 39.3 Å². The minimum atomic E-state index is -4.61. The Kier molecular flexibility index (Phi) is 8.80. The Labute approximate surface area is 194 Å². The van der Waals surface area contributed by atoms with E-state index in [4.69, 9.17) is 0 Å². The molecule has 0 spiro atoms. The van der Waals surface area contributed by atoms with Gasteiger partial charge in [-0.2, -0.15) is 17.5 Å². The third kappa shape index (κ3) is 7.16. The first-order valence-electron chi connectivity index (χ1n) is 11.7. The van der Waals surface area contributed by atoms with Crippen LogP contribution in [0.3, 0.4) is 0 Å². The van der Waals surface area contributed by atoms with Gasteiger partial charge >= 0.3 is 6.18 Å². The largest absolute Gasteiger partial charge is 0.416 e. The fourth-order valence-electron chi connectivity index (χ4n) is 4.65. The molecule has 33 heavy (non-hydrogen) atoms. The summed E-state index contributed by atoms with van der Waals surface area (Å²) in [6.45, 7) is 6.46. The van der Waals surface area contributed by atoms with Gasteiger partial charge in [0.05, 0.1) is 10.5 Å². The Balaban J connectivity index is 1.41. The number of hydrogen-bond acceptors (Lipinski definition) is 4. The highest BCUT2D eigenvalue weighted by molar-refractivity contribution is 7.89. The fourth-order valence-corrected chi connectivity index (χ4v) is 6.16. The SMILES string of the molecule is CC1CCCN(CCCCNC(=O)C2CCN(S(=O)(=O)c3cccc(C(F)(F)F)c3)CC2)C1. The first-order chi connectivity index (χ1) is 15.6. The number of likely N-dealkylation sites (tertiary alicyclic amines) is 1. The zero-order valence-corrected chi connectivity index (χ0v) is 19.9. The molecule has 1 N–H and O–H groups in total. The van der Waals surface area contributed by atoms with Gasteiger partial charge in [-0.1, -0.05) is 13.0 Å². The Morgan fingerprint density at radius 3 is 2.52 bits per heavy atom. The lowest BCUT2D eigenvalue weighted by atomic mass is 9.97. The molecule has 1 aromatic rings. The number of rotatable bonds is 8. The number of carbonyl (C=O) groups excluding carboxylic acids is 1. The summed E-state index contributed by atoms with van der Waals surface area (Å²) in [6.07, 6.45) is 0.584. The fraction of sp³-hybridized carbons (Fsp3) is 0.696. The van der Waals surface area contributed by atoms with Gasteiger partial charge in [-0.05, 0) is 75.7 Å². The lowest BCUT2D eigenvalue weighted by Crippen LogP contribution is -2.43. The quantitative estimate of drug-likeness (QED) is 0.565. The van der Waals surface area contributed by atoms with Gasteiger partial charge in [-0.15, -0.1) is 0 Å². The molecule has 2 fully saturated rings. The van der Waals surface area contributed by atoms with Crippen molar-refractivity contribution in [3.05, 3.63) is 29.8 Å². The predicted octanol–water partition coefficient (Wildman–Crippen LogP) is 3.73. The monoisotopic (exact) mass is 489 g/mol. The third-order valence-electron chi connectivity index (χ3n) is 6.57. The molecule has 6 nitrogen and oxygen atoms in total. The number of unbranched alkanes of at least 4 members (excludes halogenated alkanes) is 1.